The zero-order valence-corrected chi connectivity index (χ0v) is 9.19. The van der Waals surface area contributed by atoms with Crippen molar-refractivity contribution in [2.24, 2.45) is 0 Å². The van der Waals surface area contributed by atoms with Crippen molar-refractivity contribution in [3.05, 3.63) is 0 Å². The standard InChI is InChI=1S/C9H18S2/c1-10-9(11-2)7-5-3-4-6-8-9/h3-8H2,1-2H3. The van der Waals surface area contributed by atoms with Crippen LogP contribution in [-0.4, -0.2) is 16.6 Å². The van der Waals surface area contributed by atoms with Crippen LogP contribution in [0.15, 0.2) is 0 Å². The molecule has 11 heavy (non-hydrogen) atoms. The molecule has 0 aromatic rings. The average molecular weight is 190 g/mol. The van der Waals surface area contributed by atoms with Crippen molar-refractivity contribution in [1.29, 1.82) is 0 Å². The molecule has 1 aliphatic carbocycles. The van der Waals surface area contributed by atoms with Gasteiger partial charge in [0.15, 0.2) is 0 Å². The van der Waals surface area contributed by atoms with Crippen LogP contribution in [0.3, 0.4) is 0 Å². The molecule has 0 saturated heterocycles. The SMILES string of the molecule is CSC1(SC)CCCCCC1. The molecule has 0 nitrogen and oxygen atoms in total. The van der Waals surface area contributed by atoms with Crippen molar-refractivity contribution < 1.29 is 0 Å². The van der Waals surface area contributed by atoms with Gasteiger partial charge in [-0.15, -0.1) is 23.5 Å². The number of rotatable bonds is 2. The molecular weight excluding hydrogens is 172 g/mol. The Morgan fingerprint density at radius 1 is 0.818 bits per heavy atom. The number of hydrogen-bond acceptors (Lipinski definition) is 2. The fraction of sp³-hybridized carbons (Fsp3) is 1.00. The van der Waals surface area contributed by atoms with Crippen LogP contribution in [0.1, 0.15) is 38.5 Å². The topological polar surface area (TPSA) is 0 Å². The number of thioether (sulfide) groups is 2. The Balaban J connectivity index is 2.49. The Morgan fingerprint density at radius 3 is 1.64 bits per heavy atom. The van der Waals surface area contributed by atoms with Crippen LogP contribution in [0.4, 0.5) is 0 Å². The molecule has 0 aliphatic heterocycles. The van der Waals surface area contributed by atoms with Crippen molar-refractivity contribution in [3.63, 3.8) is 0 Å². The van der Waals surface area contributed by atoms with Gasteiger partial charge in [0, 0.05) is 0 Å². The zero-order chi connectivity index (χ0) is 8.16. The third-order valence-electron chi connectivity index (χ3n) is 2.61. The normalized spacial score (nSPS) is 24.5. The Hall–Kier alpha value is 0.700. The molecule has 1 aliphatic rings. The highest BCUT2D eigenvalue weighted by atomic mass is 32.2. The van der Waals surface area contributed by atoms with Gasteiger partial charge in [0.05, 0.1) is 4.08 Å². The van der Waals surface area contributed by atoms with E-state index in [1.54, 1.807) is 0 Å². The summed E-state index contributed by atoms with van der Waals surface area (Å²) in [7, 11) is 0. The van der Waals surface area contributed by atoms with Gasteiger partial charge < -0.3 is 0 Å². The molecule has 0 amide bonds. The lowest BCUT2D eigenvalue weighted by Gasteiger charge is -2.28. The van der Waals surface area contributed by atoms with E-state index in [4.69, 9.17) is 0 Å². The number of hydrogen-bond donors (Lipinski definition) is 0. The maximum atomic E-state index is 2.27. The minimum absolute atomic E-state index is 0.580. The summed E-state index contributed by atoms with van der Waals surface area (Å²) in [4.78, 5) is 0. The minimum atomic E-state index is 0.580. The third kappa shape index (κ3) is 2.59. The summed E-state index contributed by atoms with van der Waals surface area (Å²) in [6.07, 6.45) is 13.2. The van der Waals surface area contributed by atoms with Crippen molar-refractivity contribution in [3.8, 4) is 0 Å². The molecule has 1 rings (SSSR count). The van der Waals surface area contributed by atoms with E-state index < -0.39 is 0 Å². The molecule has 0 spiro atoms. The summed E-state index contributed by atoms with van der Waals surface area (Å²) in [6.45, 7) is 0. The first-order chi connectivity index (χ1) is 5.33. The van der Waals surface area contributed by atoms with Crippen LogP contribution in [0.25, 0.3) is 0 Å². The molecule has 0 unspecified atom stereocenters. The van der Waals surface area contributed by atoms with E-state index in [0.717, 1.165) is 0 Å². The fourth-order valence-corrected chi connectivity index (χ4v) is 3.82. The van der Waals surface area contributed by atoms with Crippen molar-refractivity contribution in [2.75, 3.05) is 12.5 Å². The predicted octanol–water partition coefficient (Wildman–Crippen LogP) is 3.76. The first kappa shape index (κ1) is 9.79. The van der Waals surface area contributed by atoms with Crippen LogP contribution in [0, 0.1) is 0 Å². The van der Waals surface area contributed by atoms with E-state index in [1.165, 1.54) is 38.5 Å². The molecule has 0 aromatic carbocycles. The third-order valence-corrected chi connectivity index (χ3v) is 5.91. The molecule has 0 heterocycles. The predicted molar refractivity (Wildman–Crippen MR) is 57.5 cm³/mol. The fourth-order valence-electron chi connectivity index (χ4n) is 1.76. The van der Waals surface area contributed by atoms with Crippen molar-refractivity contribution in [1.82, 2.24) is 0 Å². The molecule has 1 fully saturated rings. The first-order valence-corrected chi connectivity index (χ1v) is 6.88. The summed E-state index contributed by atoms with van der Waals surface area (Å²) in [5.74, 6) is 0. The monoisotopic (exact) mass is 190 g/mol. The lowest BCUT2D eigenvalue weighted by atomic mass is 10.2. The molecule has 0 bridgehead atoms. The molecule has 1 saturated carbocycles. The van der Waals surface area contributed by atoms with Crippen LogP contribution >= 0.6 is 23.5 Å². The van der Waals surface area contributed by atoms with Crippen LogP contribution in [0.5, 0.6) is 0 Å². The van der Waals surface area contributed by atoms with Crippen LogP contribution < -0.4 is 0 Å². The van der Waals surface area contributed by atoms with Gasteiger partial charge in [0.1, 0.15) is 0 Å². The van der Waals surface area contributed by atoms with Gasteiger partial charge in [-0.2, -0.15) is 0 Å². The minimum Gasteiger partial charge on any atom is -0.148 e. The van der Waals surface area contributed by atoms with Gasteiger partial charge in [-0.1, -0.05) is 25.7 Å². The highest BCUT2D eigenvalue weighted by Crippen LogP contribution is 2.44. The second-order valence-corrected chi connectivity index (χ2v) is 5.87. The second-order valence-electron chi connectivity index (χ2n) is 3.23. The van der Waals surface area contributed by atoms with Gasteiger partial charge in [0.2, 0.25) is 0 Å². The molecule has 0 N–H and O–H groups in total. The smallest absolute Gasteiger partial charge is 0.0605 e. The first-order valence-electron chi connectivity index (χ1n) is 4.43. The van der Waals surface area contributed by atoms with Gasteiger partial charge >= 0.3 is 0 Å². The lowest BCUT2D eigenvalue weighted by Crippen LogP contribution is -2.17. The molecule has 0 radical (unpaired) electrons. The maximum Gasteiger partial charge on any atom is 0.0605 e. The Labute approximate surface area is 78.9 Å². The highest BCUT2D eigenvalue weighted by molar-refractivity contribution is 8.17. The van der Waals surface area contributed by atoms with E-state index in [1.807, 2.05) is 0 Å². The summed E-state index contributed by atoms with van der Waals surface area (Å²) in [6, 6.07) is 0. The molecule has 66 valence electrons. The molecular formula is C9H18S2. The molecule has 0 atom stereocenters. The Kier molecular flexibility index (Phi) is 4.14. The summed E-state index contributed by atoms with van der Waals surface area (Å²) >= 11 is 4.14. The summed E-state index contributed by atoms with van der Waals surface area (Å²) in [5.41, 5.74) is 0. The summed E-state index contributed by atoms with van der Waals surface area (Å²) < 4.78 is 0.580. The van der Waals surface area contributed by atoms with Gasteiger partial charge in [-0.05, 0) is 25.4 Å². The zero-order valence-electron chi connectivity index (χ0n) is 7.56. The van der Waals surface area contributed by atoms with Crippen LogP contribution in [-0.2, 0) is 0 Å². The quantitative estimate of drug-likeness (QED) is 0.480. The Bertz CT molecular complexity index is 98.1. The lowest BCUT2D eigenvalue weighted by molar-refractivity contribution is 0.678. The van der Waals surface area contributed by atoms with Crippen LogP contribution in [0.2, 0.25) is 0 Å². The maximum absolute atomic E-state index is 2.27. The average Bonchev–Trinajstić information content (AvgIpc) is 2.30. The van der Waals surface area contributed by atoms with E-state index in [0.29, 0.717) is 4.08 Å². The second kappa shape index (κ2) is 4.66. The van der Waals surface area contributed by atoms with Crippen molar-refractivity contribution in [2.45, 2.75) is 42.6 Å². The molecule has 0 aromatic heterocycles. The Morgan fingerprint density at radius 2 is 1.27 bits per heavy atom. The molecule has 2 heteroatoms. The van der Waals surface area contributed by atoms with E-state index in [9.17, 15) is 0 Å². The summed E-state index contributed by atoms with van der Waals surface area (Å²) in [5, 5.41) is 0. The van der Waals surface area contributed by atoms with Crippen molar-refractivity contribution >= 4 is 23.5 Å². The van der Waals surface area contributed by atoms with Gasteiger partial charge in [0.25, 0.3) is 0 Å². The van der Waals surface area contributed by atoms with Gasteiger partial charge in [-0.25, -0.2) is 0 Å². The van der Waals surface area contributed by atoms with E-state index in [2.05, 4.69) is 36.0 Å². The van der Waals surface area contributed by atoms with Gasteiger partial charge in [-0.3, -0.25) is 0 Å². The highest BCUT2D eigenvalue weighted by Gasteiger charge is 2.28. The largest absolute Gasteiger partial charge is 0.148 e. The van der Waals surface area contributed by atoms with E-state index in [-0.39, 0.29) is 0 Å². The van der Waals surface area contributed by atoms with E-state index >= 15 is 0 Å².